The van der Waals surface area contributed by atoms with E-state index in [9.17, 15) is 10.1 Å². The Morgan fingerprint density at radius 1 is 1.15 bits per heavy atom. The summed E-state index contributed by atoms with van der Waals surface area (Å²) in [7, 11) is 1.59. The van der Waals surface area contributed by atoms with Gasteiger partial charge in [-0.3, -0.25) is 10.1 Å². The van der Waals surface area contributed by atoms with Crippen molar-refractivity contribution in [3.63, 3.8) is 0 Å². The standard InChI is InChI=1S/C14H14N2O4/c1-19-11-3-5-12(6-4-11)20-9-10-2-7-14(16(17)18)13(15)8-10/h2-8H,9,15H2,1H3. The Morgan fingerprint density at radius 3 is 2.35 bits per heavy atom. The van der Waals surface area contributed by atoms with Gasteiger partial charge in [-0.15, -0.1) is 0 Å². The minimum absolute atomic E-state index is 0.0989. The quantitative estimate of drug-likeness (QED) is 0.514. The molecule has 0 amide bonds. The van der Waals surface area contributed by atoms with E-state index in [1.807, 2.05) is 0 Å². The fourth-order valence-electron chi connectivity index (χ4n) is 1.70. The van der Waals surface area contributed by atoms with Crippen LogP contribution in [0.3, 0.4) is 0 Å². The molecule has 0 saturated heterocycles. The third-order valence-corrected chi connectivity index (χ3v) is 2.75. The van der Waals surface area contributed by atoms with Crippen molar-refractivity contribution in [3.8, 4) is 11.5 Å². The molecule has 2 rings (SSSR count). The summed E-state index contributed by atoms with van der Waals surface area (Å²) in [5.41, 5.74) is 6.41. The van der Waals surface area contributed by atoms with Gasteiger partial charge in [-0.2, -0.15) is 0 Å². The molecule has 0 unspecified atom stereocenters. The second kappa shape index (κ2) is 5.92. The Balaban J connectivity index is 2.03. The number of anilines is 1. The number of nitro benzene ring substituents is 1. The van der Waals surface area contributed by atoms with Crippen molar-refractivity contribution in [2.75, 3.05) is 12.8 Å². The van der Waals surface area contributed by atoms with Crippen LogP contribution in [0.1, 0.15) is 5.56 Å². The summed E-state index contributed by atoms with van der Waals surface area (Å²) in [5, 5.41) is 10.7. The molecular weight excluding hydrogens is 260 g/mol. The molecule has 0 aliphatic heterocycles. The lowest BCUT2D eigenvalue weighted by atomic mass is 10.2. The molecule has 0 aromatic heterocycles. The zero-order valence-electron chi connectivity index (χ0n) is 10.9. The van der Waals surface area contributed by atoms with Gasteiger partial charge in [0.1, 0.15) is 23.8 Å². The molecule has 0 heterocycles. The minimum atomic E-state index is -0.510. The van der Waals surface area contributed by atoms with E-state index in [0.29, 0.717) is 5.75 Å². The molecule has 6 heteroatoms. The second-order valence-electron chi connectivity index (χ2n) is 4.11. The van der Waals surface area contributed by atoms with Gasteiger partial charge in [0.15, 0.2) is 0 Å². The van der Waals surface area contributed by atoms with Gasteiger partial charge in [-0.05, 0) is 42.0 Å². The third kappa shape index (κ3) is 3.17. The number of nitrogens with two attached hydrogens (primary N) is 1. The number of nitrogen functional groups attached to an aromatic ring is 1. The lowest BCUT2D eigenvalue weighted by Gasteiger charge is -2.07. The summed E-state index contributed by atoms with van der Waals surface area (Å²) < 4.78 is 10.6. The monoisotopic (exact) mass is 274 g/mol. The van der Waals surface area contributed by atoms with Crippen LogP contribution in [0.25, 0.3) is 0 Å². The first kappa shape index (κ1) is 13.7. The molecule has 2 aromatic rings. The summed E-state index contributed by atoms with van der Waals surface area (Å²) in [5.74, 6) is 1.43. The van der Waals surface area contributed by atoms with Gasteiger partial charge in [0.25, 0.3) is 5.69 Å². The Morgan fingerprint density at radius 2 is 1.80 bits per heavy atom. The average molecular weight is 274 g/mol. The van der Waals surface area contributed by atoms with Crippen molar-refractivity contribution < 1.29 is 14.4 Å². The fourth-order valence-corrected chi connectivity index (χ4v) is 1.70. The van der Waals surface area contributed by atoms with E-state index in [1.165, 1.54) is 6.07 Å². The zero-order valence-corrected chi connectivity index (χ0v) is 10.9. The maximum absolute atomic E-state index is 10.7. The first-order valence-corrected chi connectivity index (χ1v) is 5.90. The van der Waals surface area contributed by atoms with Crippen molar-refractivity contribution in [1.82, 2.24) is 0 Å². The van der Waals surface area contributed by atoms with Crippen LogP contribution in [0.4, 0.5) is 11.4 Å². The van der Waals surface area contributed by atoms with E-state index in [1.54, 1.807) is 43.5 Å². The molecule has 6 nitrogen and oxygen atoms in total. The van der Waals surface area contributed by atoms with Crippen LogP contribution in [-0.2, 0) is 6.61 Å². The molecule has 2 N–H and O–H groups in total. The minimum Gasteiger partial charge on any atom is -0.497 e. The molecule has 104 valence electrons. The van der Waals surface area contributed by atoms with Gasteiger partial charge in [0.2, 0.25) is 0 Å². The van der Waals surface area contributed by atoms with E-state index < -0.39 is 4.92 Å². The maximum atomic E-state index is 10.7. The van der Waals surface area contributed by atoms with Crippen molar-refractivity contribution in [1.29, 1.82) is 0 Å². The topological polar surface area (TPSA) is 87.6 Å². The molecule has 0 fully saturated rings. The normalized spacial score (nSPS) is 10.1. The Hall–Kier alpha value is -2.76. The first-order chi connectivity index (χ1) is 9.60. The Kier molecular flexibility index (Phi) is 4.05. The van der Waals surface area contributed by atoms with Gasteiger partial charge in [0, 0.05) is 6.07 Å². The summed E-state index contributed by atoms with van der Waals surface area (Å²) in [4.78, 5) is 10.1. The van der Waals surface area contributed by atoms with E-state index >= 15 is 0 Å². The van der Waals surface area contributed by atoms with Crippen LogP contribution in [0.2, 0.25) is 0 Å². The number of methoxy groups -OCH3 is 1. The van der Waals surface area contributed by atoms with Gasteiger partial charge in [-0.1, -0.05) is 0 Å². The predicted molar refractivity (Wildman–Crippen MR) is 74.8 cm³/mol. The fraction of sp³-hybridized carbons (Fsp3) is 0.143. The highest BCUT2D eigenvalue weighted by Gasteiger charge is 2.11. The Labute approximate surface area is 115 Å². The van der Waals surface area contributed by atoms with Crippen LogP contribution in [0.15, 0.2) is 42.5 Å². The summed E-state index contributed by atoms with van der Waals surface area (Å²) in [6.45, 7) is 0.286. The molecular formula is C14H14N2O4. The van der Waals surface area contributed by atoms with Gasteiger partial charge < -0.3 is 15.2 Å². The van der Waals surface area contributed by atoms with E-state index in [2.05, 4.69) is 0 Å². The summed E-state index contributed by atoms with van der Waals surface area (Å²) in [6, 6.07) is 11.7. The van der Waals surface area contributed by atoms with Crippen LogP contribution < -0.4 is 15.2 Å². The van der Waals surface area contributed by atoms with Crippen LogP contribution in [0.5, 0.6) is 11.5 Å². The molecule has 0 radical (unpaired) electrons. The molecule has 0 spiro atoms. The number of hydrogen-bond donors (Lipinski definition) is 1. The molecule has 0 atom stereocenters. The summed E-state index contributed by atoms with van der Waals surface area (Å²) in [6.07, 6.45) is 0. The van der Waals surface area contributed by atoms with Gasteiger partial charge >= 0.3 is 0 Å². The number of rotatable bonds is 5. The molecule has 0 bridgehead atoms. The van der Waals surface area contributed by atoms with E-state index in [0.717, 1.165) is 11.3 Å². The molecule has 0 aliphatic rings. The second-order valence-corrected chi connectivity index (χ2v) is 4.11. The molecule has 0 aliphatic carbocycles. The number of hydrogen-bond acceptors (Lipinski definition) is 5. The van der Waals surface area contributed by atoms with Crippen LogP contribution in [-0.4, -0.2) is 12.0 Å². The van der Waals surface area contributed by atoms with Gasteiger partial charge in [0.05, 0.1) is 12.0 Å². The first-order valence-electron chi connectivity index (χ1n) is 5.90. The van der Waals surface area contributed by atoms with Crippen molar-refractivity contribution >= 4 is 11.4 Å². The van der Waals surface area contributed by atoms with Crippen molar-refractivity contribution in [3.05, 3.63) is 58.1 Å². The number of ether oxygens (including phenoxy) is 2. The lowest BCUT2D eigenvalue weighted by molar-refractivity contribution is -0.383. The molecule has 20 heavy (non-hydrogen) atoms. The molecule has 2 aromatic carbocycles. The van der Waals surface area contributed by atoms with Crippen molar-refractivity contribution in [2.24, 2.45) is 0 Å². The third-order valence-electron chi connectivity index (χ3n) is 2.75. The van der Waals surface area contributed by atoms with Gasteiger partial charge in [-0.25, -0.2) is 0 Å². The Bertz CT molecular complexity index is 611. The maximum Gasteiger partial charge on any atom is 0.292 e. The van der Waals surface area contributed by atoms with Crippen LogP contribution >= 0.6 is 0 Å². The number of nitro groups is 1. The predicted octanol–water partition coefficient (Wildman–Crippen LogP) is 2.76. The largest absolute Gasteiger partial charge is 0.497 e. The average Bonchev–Trinajstić information content (AvgIpc) is 2.45. The van der Waals surface area contributed by atoms with E-state index in [4.69, 9.17) is 15.2 Å². The smallest absolute Gasteiger partial charge is 0.292 e. The van der Waals surface area contributed by atoms with Crippen molar-refractivity contribution in [2.45, 2.75) is 6.61 Å². The highest BCUT2D eigenvalue weighted by molar-refractivity contribution is 5.59. The highest BCUT2D eigenvalue weighted by Crippen LogP contribution is 2.23. The molecule has 0 saturated carbocycles. The number of nitrogens with zero attached hydrogens (tertiary/aromatic N) is 1. The zero-order chi connectivity index (χ0) is 14.5. The lowest BCUT2D eigenvalue weighted by Crippen LogP contribution is -2.00. The van der Waals surface area contributed by atoms with E-state index in [-0.39, 0.29) is 18.0 Å². The highest BCUT2D eigenvalue weighted by atomic mass is 16.6. The summed E-state index contributed by atoms with van der Waals surface area (Å²) >= 11 is 0. The number of benzene rings is 2. The van der Waals surface area contributed by atoms with Crippen LogP contribution in [0, 0.1) is 10.1 Å². The SMILES string of the molecule is COc1ccc(OCc2ccc([N+](=O)[O-])c(N)c2)cc1.